The van der Waals surface area contributed by atoms with Crippen LogP contribution in [-0.2, 0) is 4.79 Å². The Bertz CT molecular complexity index is 987. The van der Waals surface area contributed by atoms with Crippen molar-refractivity contribution in [1.82, 2.24) is 0 Å². The van der Waals surface area contributed by atoms with Gasteiger partial charge in [-0.3, -0.25) is 4.79 Å². The van der Waals surface area contributed by atoms with E-state index in [1.165, 1.54) is 7.11 Å². The zero-order valence-corrected chi connectivity index (χ0v) is 14.5. The van der Waals surface area contributed by atoms with Gasteiger partial charge in [-0.2, -0.15) is 5.26 Å². The molecule has 0 bridgehead atoms. The molecule has 1 atom stereocenters. The highest BCUT2D eigenvalue weighted by molar-refractivity contribution is 6.03. The third-order valence-electron chi connectivity index (χ3n) is 4.01. The number of nitriles is 1. The molecule has 0 radical (unpaired) electrons. The van der Waals surface area contributed by atoms with E-state index in [-0.39, 0.29) is 5.91 Å². The first-order valence-corrected chi connectivity index (χ1v) is 8.16. The van der Waals surface area contributed by atoms with Crippen LogP contribution in [0.15, 0.2) is 60.7 Å². The Morgan fingerprint density at radius 1 is 1.08 bits per heavy atom. The van der Waals surface area contributed by atoms with Crippen LogP contribution in [0.3, 0.4) is 0 Å². The van der Waals surface area contributed by atoms with Gasteiger partial charge < -0.3 is 14.8 Å². The quantitative estimate of drug-likeness (QED) is 0.754. The number of anilines is 1. The molecule has 0 saturated heterocycles. The maximum atomic E-state index is 12.6. The molecule has 0 aliphatic heterocycles. The summed E-state index contributed by atoms with van der Waals surface area (Å²) in [5.74, 6) is 0.550. The predicted molar refractivity (Wildman–Crippen MR) is 100 cm³/mol. The molecule has 0 aromatic heterocycles. The highest BCUT2D eigenvalue weighted by atomic mass is 16.5. The van der Waals surface area contributed by atoms with Crippen molar-refractivity contribution in [3.05, 3.63) is 66.2 Å². The van der Waals surface area contributed by atoms with Crippen LogP contribution in [0.2, 0.25) is 0 Å². The lowest BCUT2D eigenvalue weighted by atomic mass is 10.1. The molecule has 26 heavy (non-hydrogen) atoms. The predicted octanol–water partition coefficient (Wildman–Crippen LogP) is 4.13. The number of hydrogen-bond acceptors (Lipinski definition) is 4. The van der Waals surface area contributed by atoms with Crippen molar-refractivity contribution in [2.45, 2.75) is 13.0 Å². The number of carbonyl (C=O) groups is 1. The van der Waals surface area contributed by atoms with Gasteiger partial charge in [-0.1, -0.05) is 36.4 Å². The van der Waals surface area contributed by atoms with Crippen LogP contribution in [0.1, 0.15) is 12.5 Å². The minimum atomic E-state index is -0.740. The van der Waals surface area contributed by atoms with Crippen molar-refractivity contribution in [3.63, 3.8) is 0 Å². The molecule has 3 rings (SSSR count). The second-order valence-corrected chi connectivity index (χ2v) is 5.75. The zero-order valence-electron chi connectivity index (χ0n) is 14.5. The normalized spacial score (nSPS) is 11.4. The van der Waals surface area contributed by atoms with Crippen LogP contribution in [0.4, 0.5) is 5.69 Å². The second kappa shape index (κ2) is 7.58. The van der Waals surface area contributed by atoms with Gasteiger partial charge in [0.15, 0.2) is 17.6 Å². The van der Waals surface area contributed by atoms with Gasteiger partial charge in [0.05, 0.1) is 18.7 Å². The van der Waals surface area contributed by atoms with Crippen molar-refractivity contribution in [3.8, 4) is 17.6 Å². The first-order valence-electron chi connectivity index (χ1n) is 8.16. The third kappa shape index (κ3) is 3.60. The summed E-state index contributed by atoms with van der Waals surface area (Å²) < 4.78 is 11.0. The molecular weight excluding hydrogens is 328 g/mol. The fourth-order valence-corrected chi connectivity index (χ4v) is 2.65. The van der Waals surface area contributed by atoms with Gasteiger partial charge in [0, 0.05) is 17.1 Å². The molecule has 0 aliphatic carbocycles. The van der Waals surface area contributed by atoms with E-state index in [0.29, 0.717) is 17.1 Å². The van der Waals surface area contributed by atoms with Crippen LogP contribution in [0, 0.1) is 11.3 Å². The average Bonchev–Trinajstić information content (AvgIpc) is 2.68. The monoisotopic (exact) mass is 346 g/mol. The number of fused-ring (bicyclic) bond motifs is 1. The molecule has 3 aromatic rings. The first kappa shape index (κ1) is 17.3. The molecule has 0 heterocycles. The highest BCUT2D eigenvalue weighted by Gasteiger charge is 2.18. The van der Waals surface area contributed by atoms with Crippen LogP contribution in [0.25, 0.3) is 10.8 Å². The number of benzene rings is 3. The van der Waals surface area contributed by atoms with Crippen molar-refractivity contribution >= 4 is 22.4 Å². The number of nitrogens with one attached hydrogen (secondary N) is 1. The lowest BCUT2D eigenvalue weighted by molar-refractivity contribution is -0.122. The summed E-state index contributed by atoms with van der Waals surface area (Å²) in [6.07, 6.45) is -0.740. The summed E-state index contributed by atoms with van der Waals surface area (Å²) in [4.78, 5) is 12.6. The first-order chi connectivity index (χ1) is 12.6. The van der Waals surface area contributed by atoms with Gasteiger partial charge in [0.25, 0.3) is 5.91 Å². The molecule has 0 spiro atoms. The molecule has 130 valence electrons. The van der Waals surface area contributed by atoms with Gasteiger partial charge in [0.2, 0.25) is 0 Å². The van der Waals surface area contributed by atoms with Gasteiger partial charge >= 0.3 is 0 Å². The van der Waals surface area contributed by atoms with Crippen molar-refractivity contribution < 1.29 is 14.3 Å². The topological polar surface area (TPSA) is 71.3 Å². The molecule has 0 fully saturated rings. The summed E-state index contributed by atoms with van der Waals surface area (Å²) >= 11 is 0. The number of carbonyl (C=O) groups excluding carboxylic acids is 1. The lowest BCUT2D eigenvalue weighted by Crippen LogP contribution is -2.30. The zero-order chi connectivity index (χ0) is 18.5. The van der Waals surface area contributed by atoms with E-state index < -0.39 is 6.10 Å². The summed E-state index contributed by atoms with van der Waals surface area (Å²) in [5, 5.41) is 13.9. The minimum absolute atomic E-state index is 0.271. The van der Waals surface area contributed by atoms with E-state index in [1.807, 2.05) is 48.5 Å². The number of methoxy groups -OCH3 is 1. The highest BCUT2D eigenvalue weighted by Crippen LogP contribution is 2.29. The van der Waals surface area contributed by atoms with E-state index in [4.69, 9.17) is 14.7 Å². The molecule has 1 amide bonds. The van der Waals surface area contributed by atoms with E-state index in [0.717, 1.165) is 16.5 Å². The van der Waals surface area contributed by atoms with E-state index in [1.54, 1.807) is 25.1 Å². The third-order valence-corrected chi connectivity index (χ3v) is 4.01. The maximum Gasteiger partial charge on any atom is 0.265 e. The van der Waals surface area contributed by atoms with E-state index in [9.17, 15) is 4.79 Å². The van der Waals surface area contributed by atoms with Crippen LogP contribution < -0.4 is 14.8 Å². The number of nitrogens with zero attached hydrogens (tertiary/aromatic N) is 1. The Morgan fingerprint density at radius 2 is 1.85 bits per heavy atom. The molecular formula is C21H18N2O3. The molecule has 3 aromatic carbocycles. The Kier molecular flexibility index (Phi) is 5.04. The summed E-state index contributed by atoms with van der Waals surface area (Å²) in [5.41, 5.74) is 1.19. The van der Waals surface area contributed by atoms with Gasteiger partial charge in [-0.05, 0) is 30.5 Å². The largest absolute Gasteiger partial charge is 0.493 e. The van der Waals surface area contributed by atoms with Gasteiger partial charge in [-0.25, -0.2) is 0 Å². The molecule has 1 N–H and O–H groups in total. The average molecular weight is 346 g/mol. The molecule has 0 unspecified atom stereocenters. The lowest BCUT2D eigenvalue weighted by Gasteiger charge is -2.17. The molecule has 0 aliphatic rings. The SMILES string of the molecule is COc1cc(C#N)ccc1O[C@H](C)C(=O)Nc1cccc2ccccc12. The van der Waals surface area contributed by atoms with Crippen molar-refractivity contribution in [1.29, 1.82) is 5.26 Å². The standard InChI is InChI=1S/C21H18N2O3/c1-14(26-19-11-10-15(13-22)12-20(19)25-2)21(24)23-18-9-5-7-16-6-3-4-8-17(16)18/h3-12,14H,1-2H3,(H,23,24)/t14-/m1/s1. The van der Waals surface area contributed by atoms with E-state index in [2.05, 4.69) is 5.32 Å². The molecule has 5 nitrogen and oxygen atoms in total. The van der Waals surface area contributed by atoms with Gasteiger partial charge in [0.1, 0.15) is 0 Å². The van der Waals surface area contributed by atoms with Crippen LogP contribution in [-0.4, -0.2) is 19.1 Å². The maximum absolute atomic E-state index is 12.6. The summed E-state index contributed by atoms with van der Waals surface area (Å²) in [6, 6.07) is 20.4. The Hall–Kier alpha value is -3.52. The fourth-order valence-electron chi connectivity index (χ4n) is 2.65. The summed E-state index contributed by atoms with van der Waals surface area (Å²) in [7, 11) is 1.49. The number of hydrogen-bond donors (Lipinski definition) is 1. The smallest absolute Gasteiger partial charge is 0.265 e. The Balaban J connectivity index is 1.77. The van der Waals surface area contributed by atoms with E-state index >= 15 is 0 Å². The van der Waals surface area contributed by atoms with Crippen LogP contribution in [0.5, 0.6) is 11.5 Å². The number of ether oxygens (including phenoxy) is 2. The van der Waals surface area contributed by atoms with Crippen molar-refractivity contribution in [2.75, 3.05) is 12.4 Å². The Morgan fingerprint density at radius 3 is 2.62 bits per heavy atom. The summed E-state index contributed by atoms with van der Waals surface area (Å²) in [6.45, 7) is 1.66. The van der Waals surface area contributed by atoms with Crippen molar-refractivity contribution in [2.24, 2.45) is 0 Å². The molecule has 5 heteroatoms. The Labute approximate surface area is 151 Å². The van der Waals surface area contributed by atoms with Gasteiger partial charge in [-0.15, -0.1) is 0 Å². The molecule has 0 saturated carbocycles. The number of rotatable bonds is 5. The second-order valence-electron chi connectivity index (χ2n) is 5.75. The fraction of sp³-hybridized carbons (Fsp3) is 0.143. The minimum Gasteiger partial charge on any atom is -0.493 e. The number of amides is 1. The van der Waals surface area contributed by atoms with Crippen LogP contribution >= 0.6 is 0 Å².